The van der Waals surface area contributed by atoms with E-state index in [1.807, 2.05) is 31.2 Å². The lowest BCUT2D eigenvalue weighted by Crippen LogP contribution is -2.17. The Hall–Kier alpha value is -0.980. The zero-order valence-electron chi connectivity index (χ0n) is 8.23. The Kier molecular flexibility index (Phi) is 4.51. The first-order valence-corrected chi connectivity index (χ1v) is 5.70. The van der Waals surface area contributed by atoms with Gasteiger partial charge in [0.1, 0.15) is 0 Å². The second-order valence-corrected chi connectivity index (χ2v) is 4.33. The second-order valence-electron chi connectivity index (χ2n) is 3.30. The van der Waals surface area contributed by atoms with Crippen LogP contribution >= 0.6 is 11.8 Å². The highest BCUT2D eigenvalue weighted by molar-refractivity contribution is 7.98. The zero-order valence-corrected chi connectivity index (χ0v) is 9.05. The fourth-order valence-electron chi connectivity index (χ4n) is 1.09. The Bertz CT molecular complexity index is 328. The molecule has 1 aromatic rings. The summed E-state index contributed by atoms with van der Waals surface area (Å²) in [5.41, 5.74) is 7.55. The van der Waals surface area contributed by atoms with Gasteiger partial charge in [-0.05, 0) is 24.6 Å². The molecule has 1 aromatic carbocycles. The van der Waals surface area contributed by atoms with Gasteiger partial charge in [-0.3, -0.25) is 0 Å². The minimum atomic E-state index is 0.235. The van der Waals surface area contributed by atoms with Crippen LogP contribution in [0.5, 0.6) is 0 Å². The monoisotopic (exact) mass is 206 g/mol. The summed E-state index contributed by atoms with van der Waals surface area (Å²) in [5, 5.41) is 8.70. The van der Waals surface area contributed by atoms with Crippen LogP contribution in [0.3, 0.4) is 0 Å². The molecule has 0 aromatic heterocycles. The summed E-state index contributed by atoms with van der Waals surface area (Å²) in [7, 11) is 0. The molecule has 14 heavy (non-hydrogen) atoms. The molecule has 2 N–H and O–H groups in total. The maximum atomic E-state index is 8.70. The average molecular weight is 206 g/mol. The van der Waals surface area contributed by atoms with Gasteiger partial charge in [0.25, 0.3) is 0 Å². The fourth-order valence-corrected chi connectivity index (χ4v) is 2.00. The molecule has 3 heteroatoms. The second kappa shape index (κ2) is 5.69. The smallest absolute Gasteiger partial charge is 0.0991 e. The first kappa shape index (κ1) is 11.1. The maximum Gasteiger partial charge on any atom is 0.0991 e. The van der Waals surface area contributed by atoms with Crippen molar-refractivity contribution >= 4 is 11.8 Å². The zero-order chi connectivity index (χ0) is 10.4. The molecule has 0 aliphatic carbocycles. The van der Waals surface area contributed by atoms with Crippen molar-refractivity contribution < 1.29 is 0 Å². The summed E-state index contributed by atoms with van der Waals surface area (Å²) in [4.78, 5) is 0. The Morgan fingerprint density at radius 1 is 1.57 bits per heavy atom. The van der Waals surface area contributed by atoms with Crippen LogP contribution in [0.2, 0.25) is 0 Å². The number of nitriles is 1. The van der Waals surface area contributed by atoms with Crippen LogP contribution in [0.25, 0.3) is 0 Å². The minimum absolute atomic E-state index is 0.235. The molecule has 2 nitrogen and oxygen atoms in total. The third-order valence-electron chi connectivity index (χ3n) is 1.71. The standard InChI is InChI=1S/C11H14N2S/c1-9(13)7-14-8-11-4-2-3-10(5-11)6-12/h2-5,9H,7-8,13H2,1H3. The van der Waals surface area contributed by atoms with E-state index >= 15 is 0 Å². The van der Waals surface area contributed by atoms with Crippen LogP contribution in [-0.2, 0) is 5.75 Å². The van der Waals surface area contributed by atoms with Gasteiger partial charge in [-0.1, -0.05) is 12.1 Å². The van der Waals surface area contributed by atoms with Gasteiger partial charge in [-0.25, -0.2) is 0 Å². The van der Waals surface area contributed by atoms with Crippen LogP contribution in [0, 0.1) is 11.3 Å². The molecular formula is C11H14N2S. The summed E-state index contributed by atoms with van der Waals surface area (Å²) in [5.74, 6) is 1.88. The van der Waals surface area contributed by atoms with Crippen molar-refractivity contribution in [3.05, 3.63) is 35.4 Å². The largest absolute Gasteiger partial charge is 0.327 e. The Morgan fingerprint density at radius 2 is 2.36 bits per heavy atom. The van der Waals surface area contributed by atoms with Crippen molar-refractivity contribution in [1.29, 1.82) is 5.26 Å². The molecule has 0 aliphatic heterocycles. The van der Waals surface area contributed by atoms with Gasteiger partial charge in [-0.15, -0.1) is 0 Å². The van der Waals surface area contributed by atoms with Crippen LogP contribution in [0.1, 0.15) is 18.1 Å². The van der Waals surface area contributed by atoms with Gasteiger partial charge in [-0.2, -0.15) is 17.0 Å². The molecule has 0 spiro atoms. The molecule has 1 unspecified atom stereocenters. The third-order valence-corrected chi connectivity index (χ3v) is 3.00. The van der Waals surface area contributed by atoms with E-state index in [4.69, 9.17) is 11.0 Å². The molecule has 1 atom stereocenters. The van der Waals surface area contributed by atoms with Crippen LogP contribution < -0.4 is 5.73 Å². The molecule has 0 aliphatic rings. The highest BCUT2D eigenvalue weighted by atomic mass is 32.2. The number of thioether (sulfide) groups is 1. The van der Waals surface area contributed by atoms with E-state index in [0.717, 1.165) is 17.1 Å². The molecule has 0 radical (unpaired) electrons. The van der Waals surface area contributed by atoms with Crippen molar-refractivity contribution in [2.24, 2.45) is 5.73 Å². The van der Waals surface area contributed by atoms with Gasteiger partial charge < -0.3 is 5.73 Å². The lowest BCUT2D eigenvalue weighted by molar-refractivity contribution is 0.847. The van der Waals surface area contributed by atoms with E-state index in [9.17, 15) is 0 Å². The molecule has 1 rings (SSSR count). The van der Waals surface area contributed by atoms with Crippen molar-refractivity contribution in [2.75, 3.05) is 5.75 Å². The number of hydrogen-bond donors (Lipinski definition) is 1. The Labute approximate surface area is 89.1 Å². The molecular weight excluding hydrogens is 192 g/mol. The lowest BCUT2D eigenvalue weighted by atomic mass is 10.2. The van der Waals surface area contributed by atoms with E-state index in [2.05, 4.69) is 6.07 Å². The van der Waals surface area contributed by atoms with Crippen molar-refractivity contribution in [1.82, 2.24) is 0 Å². The number of nitrogens with two attached hydrogens (primary N) is 1. The van der Waals surface area contributed by atoms with E-state index in [1.165, 1.54) is 5.56 Å². The van der Waals surface area contributed by atoms with Crippen LogP contribution in [0.4, 0.5) is 0 Å². The molecule has 0 fully saturated rings. The van der Waals surface area contributed by atoms with E-state index in [0.29, 0.717) is 0 Å². The van der Waals surface area contributed by atoms with Gasteiger partial charge in [0.15, 0.2) is 0 Å². The normalized spacial score (nSPS) is 12.1. The van der Waals surface area contributed by atoms with Gasteiger partial charge >= 0.3 is 0 Å². The summed E-state index contributed by atoms with van der Waals surface area (Å²) in [6, 6.07) is 10.1. The van der Waals surface area contributed by atoms with Gasteiger partial charge in [0.05, 0.1) is 11.6 Å². The number of rotatable bonds is 4. The molecule has 0 heterocycles. The first-order chi connectivity index (χ1) is 6.72. The number of nitrogens with zero attached hydrogens (tertiary/aromatic N) is 1. The molecule has 0 saturated carbocycles. The Morgan fingerprint density at radius 3 is 3.00 bits per heavy atom. The molecule has 0 amide bonds. The maximum absolute atomic E-state index is 8.70. The van der Waals surface area contributed by atoms with Gasteiger partial charge in [0, 0.05) is 17.5 Å². The summed E-state index contributed by atoms with van der Waals surface area (Å²) < 4.78 is 0. The van der Waals surface area contributed by atoms with Crippen molar-refractivity contribution in [2.45, 2.75) is 18.7 Å². The van der Waals surface area contributed by atoms with Gasteiger partial charge in [0.2, 0.25) is 0 Å². The quantitative estimate of drug-likeness (QED) is 0.821. The SMILES string of the molecule is CC(N)CSCc1cccc(C#N)c1. The lowest BCUT2D eigenvalue weighted by Gasteiger charge is -2.04. The third kappa shape index (κ3) is 3.82. The minimum Gasteiger partial charge on any atom is -0.327 e. The van der Waals surface area contributed by atoms with E-state index in [1.54, 1.807) is 11.8 Å². The summed E-state index contributed by atoms with van der Waals surface area (Å²) >= 11 is 1.80. The molecule has 74 valence electrons. The average Bonchev–Trinajstić information content (AvgIpc) is 2.18. The first-order valence-electron chi connectivity index (χ1n) is 4.54. The van der Waals surface area contributed by atoms with Crippen molar-refractivity contribution in [3.8, 4) is 6.07 Å². The van der Waals surface area contributed by atoms with Crippen LogP contribution in [-0.4, -0.2) is 11.8 Å². The fraction of sp³-hybridized carbons (Fsp3) is 0.364. The summed E-state index contributed by atoms with van der Waals surface area (Å²) in [6.45, 7) is 2.00. The molecule has 0 saturated heterocycles. The summed E-state index contributed by atoms with van der Waals surface area (Å²) in [6.07, 6.45) is 0. The highest BCUT2D eigenvalue weighted by Crippen LogP contribution is 2.13. The predicted octanol–water partition coefficient (Wildman–Crippen LogP) is 2.14. The number of benzene rings is 1. The number of hydrogen-bond acceptors (Lipinski definition) is 3. The van der Waals surface area contributed by atoms with Crippen molar-refractivity contribution in [3.63, 3.8) is 0 Å². The predicted molar refractivity (Wildman–Crippen MR) is 61.0 cm³/mol. The topological polar surface area (TPSA) is 49.8 Å². The van der Waals surface area contributed by atoms with Crippen LogP contribution in [0.15, 0.2) is 24.3 Å². The highest BCUT2D eigenvalue weighted by Gasteiger charge is 1.97. The molecule has 0 bridgehead atoms. The Balaban J connectivity index is 2.47. The van der Waals surface area contributed by atoms with E-state index < -0.39 is 0 Å². The van der Waals surface area contributed by atoms with E-state index in [-0.39, 0.29) is 6.04 Å².